The number of aromatic nitrogens is 1. The van der Waals surface area contributed by atoms with Crippen molar-refractivity contribution >= 4 is 17.5 Å². The summed E-state index contributed by atoms with van der Waals surface area (Å²) in [5.74, 6) is 0.926. The standard InChI is InChI=1S/C17H18ClN3O2/c18-13-4-2-1-3-12(13)15-9-19-17(23-15)16(22)20-14-10-21-7-5-11(14)6-8-21/h1-4,9,11,14H,5-8,10H2,(H,20,22)/t14-/m0/s1. The van der Waals surface area contributed by atoms with Gasteiger partial charge in [-0.25, -0.2) is 4.98 Å². The summed E-state index contributed by atoms with van der Waals surface area (Å²) in [7, 11) is 0. The fourth-order valence-corrected chi connectivity index (χ4v) is 3.75. The molecule has 1 aromatic heterocycles. The maximum atomic E-state index is 12.4. The van der Waals surface area contributed by atoms with E-state index >= 15 is 0 Å². The van der Waals surface area contributed by atoms with Crippen molar-refractivity contribution in [2.75, 3.05) is 19.6 Å². The minimum absolute atomic E-state index is 0.0939. The molecule has 2 aromatic rings. The monoisotopic (exact) mass is 331 g/mol. The van der Waals surface area contributed by atoms with Crippen LogP contribution in [-0.2, 0) is 0 Å². The highest BCUT2D eigenvalue weighted by Gasteiger charge is 2.35. The molecule has 2 bridgehead atoms. The predicted molar refractivity (Wildman–Crippen MR) is 87.4 cm³/mol. The Morgan fingerprint density at radius 1 is 1.30 bits per heavy atom. The Labute approximate surface area is 139 Å². The molecule has 23 heavy (non-hydrogen) atoms. The Bertz CT molecular complexity index is 722. The third kappa shape index (κ3) is 2.86. The summed E-state index contributed by atoms with van der Waals surface area (Å²) < 4.78 is 5.61. The maximum absolute atomic E-state index is 12.4. The first-order valence-electron chi connectivity index (χ1n) is 7.94. The number of fused-ring (bicyclic) bond motifs is 3. The van der Waals surface area contributed by atoms with E-state index in [2.05, 4.69) is 15.2 Å². The molecule has 3 aliphatic heterocycles. The van der Waals surface area contributed by atoms with Crippen molar-refractivity contribution in [3.05, 3.63) is 41.4 Å². The average Bonchev–Trinajstić information content (AvgIpc) is 3.06. The number of nitrogens with one attached hydrogen (secondary N) is 1. The first-order chi connectivity index (χ1) is 11.2. The average molecular weight is 332 g/mol. The molecule has 3 saturated heterocycles. The van der Waals surface area contributed by atoms with Crippen LogP contribution in [0.4, 0.5) is 0 Å². The summed E-state index contributed by atoms with van der Waals surface area (Å²) in [4.78, 5) is 18.9. The summed E-state index contributed by atoms with van der Waals surface area (Å²) in [6.07, 6.45) is 3.86. The topological polar surface area (TPSA) is 58.4 Å². The number of oxazole rings is 1. The smallest absolute Gasteiger partial charge is 0.307 e. The highest BCUT2D eigenvalue weighted by molar-refractivity contribution is 6.33. The van der Waals surface area contributed by atoms with Gasteiger partial charge in [0.15, 0.2) is 5.76 Å². The van der Waals surface area contributed by atoms with Crippen molar-refractivity contribution in [3.8, 4) is 11.3 Å². The summed E-state index contributed by atoms with van der Waals surface area (Å²) in [6.45, 7) is 3.22. The summed E-state index contributed by atoms with van der Waals surface area (Å²) in [5.41, 5.74) is 0.739. The van der Waals surface area contributed by atoms with Crippen molar-refractivity contribution in [2.45, 2.75) is 18.9 Å². The SMILES string of the molecule is O=C(N[C@H]1CN2CCC1CC2)c1ncc(-c2ccccc2Cl)o1. The number of hydrogen-bond acceptors (Lipinski definition) is 4. The first kappa shape index (κ1) is 14.7. The fraction of sp³-hybridized carbons (Fsp3) is 0.412. The Balaban J connectivity index is 1.48. The minimum Gasteiger partial charge on any atom is -0.432 e. The van der Waals surface area contributed by atoms with E-state index in [-0.39, 0.29) is 17.8 Å². The van der Waals surface area contributed by atoms with E-state index in [4.69, 9.17) is 16.0 Å². The van der Waals surface area contributed by atoms with Gasteiger partial charge in [-0.1, -0.05) is 23.7 Å². The van der Waals surface area contributed by atoms with Gasteiger partial charge in [0.25, 0.3) is 5.89 Å². The molecule has 0 aliphatic carbocycles. The quantitative estimate of drug-likeness (QED) is 0.939. The minimum atomic E-state index is -0.248. The highest BCUT2D eigenvalue weighted by Crippen LogP contribution is 2.29. The second-order valence-corrected chi connectivity index (χ2v) is 6.63. The fourth-order valence-electron chi connectivity index (χ4n) is 3.52. The molecule has 0 saturated carbocycles. The number of benzene rings is 1. The lowest BCUT2D eigenvalue weighted by molar-refractivity contribution is 0.0602. The molecule has 1 atom stereocenters. The zero-order chi connectivity index (χ0) is 15.8. The van der Waals surface area contributed by atoms with Gasteiger partial charge in [-0.15, -0.1) is 0 Å². The third-order valence-corrected chi connectivity index (χ3v) is 5.14. The van der Waals surface area contributed by atoms with Crippen LogP contribution in [0.1, 0.15) is 23.5 Å². The van der Waals surface area contributed by atoms with Crippen LogP contribution in [0.2, 0.25) is 5.02 Å². The van der Waals surface area contributed by atoms with Crippen molar-refractivity contribution < 1.29 is 9.21 Å². The molecule has 1 N–H and O–H groups in total. The molecule has 3 aliphatic rings. The summed E-state index contributed by atoms with van der Waals surface area (Å²) in [5, 5.41) is 3.65. The number of hydrogen-bond donors (Lipinski definition) is 1. The van der Waals surface area contributed by atoms with Crippen molar-refractivity contribution in [1.29, 1.82) is 0 Å². The van der Waals surface area contributed by atoms with E-state index < -0.39 is 0 Å². The summed E-state index contributed by atoms with van der Waals surface area (Å²) in [6, 6.07) is 7.55. The zero-order valence-electron chi connectivity index (χ0n) is 12.7. The molecule has 1 aromatic carbocycles. The second kappa shape index (κ2) is 5.98. The van der Waals surface area contributed by atoms with Crippen molar-refractivity contribution in [1.82, 2.24) is 15.2 Å². The zero-order valence-corrected chi connectivity index (χ0v) is 13.4. The van der Waals surface area contributed by atoms with Gasteiger partial charge >= 0.3 is 5.91 Å². The Morgan fingerprint density at radius 3 is 2.78 bits per heavy atom. The van der Waals surface area contributed by atoms with Crippen LogP contribution in [0.25, 0.3) is 11.3 Å². The number of rotatable bonds is 3. The van der Waals surface area contributed by atoms with Gasteiger partial charge < -0.3 is 14.6 Å². The van der Waals surface area contributed by atoms with E-state index in [1.807, 2.05) is 18.2 Å². The second-order valence-electron chi connectivity index (χ2n) is 6.23. The van der Waals surface area contributed by atoms with Crippen LogP contribution >= 0.6 is 11.6 Å². The van der Waals surface area contributed by atoms with Gasteiger partial charge in [-0.2, -0.15) is 0 Å². The van der Waals surface area contributed by atoms with Crippen LogP contribution < -0.4 is 5.32 Å². The lowest BCUT2D eigenvalue weighted by Gasteiger charge is -2.44. The van der Waals surface area contributed by atoms with Gasteiger partial charge in [0.1, 0.15) is 0 Å². The lowest BCUT2D eigenvalue weighted by atomic mass is 9.84. The van der Waals surface area contributed by atoms with Gasteiger partial charge in [0.2, 0.25) is 0 Å². The van der Waals surface area contributed by atoms with Crippen LogP contribution in [0, 0.1) is 5.92 Å². The normalized spacial score (nSPS) is 26.2. The van der Waals surface area contributed by atoms with Crippen LogP contribution in [-0.4, -0.2) is 41.5 Å². The Hall–Kier alpha value is -1.85. The van der Waals surface area contributed by atoms with E-state index in [0.717, 1.165) is 38.0 Å². The number of nitrogens with zero attached hydrogens (tertiary/aromatic N) is 2. The first-order valence-corrected chi connectivity index (χ1v) is 8.32. The molecule has 120 valence electrons. The van der Waals surface area contributed by atoms with Crippen LogP contribution in [0.5, 0.6) is 0 Å². The number of halogens is 1. The molecule has 5 nitrogen and oxygen atoms in total. The number of piperidine rings is 3. The molecule has 0 unspecified atom stereocenters. The van der Waals surface area contributed by atoms with Crippen LogP contribution in [0.15, 0.2) is 34.9 Å². The maximum Gasteiger partial charge on any atom is 0.307 e. The molecular formula is C17H18ClN3O2. The third-order valence-electron chi connectivity index (χ3n) is 4.81. The van der Waals surface area contributed by atoms with E-state index in [9.17, 15) is 4.79 Å². The van der Waals surface area contributed by atoms with Gasteiger partial charge in [0.05, 0.1) is 11.2 Å². The molecule has 6 heteroatoms. The van der Waals surface area contributed by atoms with Crippen LogP contribution in [0.3, 0.4) is 0 Å². The van der Waals surface area contributed by atoms with Gasteiger partial charge in [-0.05, 0) is 44.0 Å². The molecule has 0 spiro atoms. The molecule has 3 fully saturated rings. The van der Waals surface area contributed by atoms with Gasteiger partial charge in [0, 0.05) is 18.2 Å². The Morgan fingerprint density at radius 2 is 2.09 bits per heavy atom. The molecule has 1 amide bonds. The van der Waals surface area contributed by atoms with Gasteiger partial charge in [-0.3, -0.25) is 4.79 Å². The molecular weight excluding hydrogens is 314 g/mol. The molecule has 0 radical (unpaired) electrons. The summed E-state index contributed by atoms with van der Waals surface area (Å²) >= 11 is 6.15. The number of amides is 1. The van der Waals surface area contributed by atoms with Crippen molar-refractivity contribution in [3.63, 3.8) is 0 Å². The van der Waals surface area contributed by atoms with E-state index in [1.54, 1.807) is 12.3 Å². The largest absolute Gasteiger partial charge is 0.432 e. The van der Waals surface area contributed by atoms with Crippen molar-refractivity contribution in [2.24, 2.45) is 5.92 Å². The van der Waals surface area contributed by atoms with E-state index in [1.165, 1.54) is 0 Å². The highest BCUT2D eigenvalue weighted by atomic mass is 35.5. The molecule has 5 rings (SSSR count). The van der Waals surface area contributed by atoms with E-state index in [0.29, 0.717) is 16.7 Å². The molecule has 4 heterocycles. The number of carbonyl (C=O) groups is 1. The predicted octanol–water partition coefficient (Wildman–Crippen LogP) is 2.82. The number of carbonyl (C=O) groups excluding carboxylic acids is 1. The lowest BCUT2D eigenvalue weighted by Crippen LogP contribution is -2.57. The Kier molecular flexibility index (Phi) is 3.83.